The molecule has 0 unspecified atom stereocenters. The second-order valence-electron chi connectivity index (χ2n) is 3.13. The SMILES string of the molecule is NC(=O)c1ccc(C2=CNCN2C(=O)O)s1. The third-order valence-electron chi connectivity index (χ3n) is 2.11. The van der Waals surface area contributed by atoms with Crippen LogP contribution in [0.2, 0.25) is 0 Å². The Hall–Kier alpha value is -2.02. The number of carbonyl (C=O) groups is 2. The number of nitrogens with one attached hydrogen (secondary N) is 1. The van der Waals surface area contributed by atoms with Crippen molar-refractivity contribution < 1.29 is 14.7 Å². The molecule has 1 aromatic heterocycles. The lowest BCUT2D eigenvalue weighted by Gasteiger charge is -2.13. The van der Waals surface area contributed by atoms with E-state index in [2.05, 4.69) is 5.32 Å². The topological polar surface area (TPSA) is 95.7 Å². The summed E-state index contributed by atoms with van der Waals surface area (Å²) in [5, 5.41) is 11.7. The van der Waals surface area contributed by atoms with Crippen molar-refractivity contribution in [1.29, 1.82) is 0 Å². The molecule has 0 fully saturated rings. The van der Waals surface area contributed by atoms with Gasteiger partial charge in [-0.2, -0.15) is 0 Å². The Morgan fingerprint density at radius 2 is 2.25 bits per heavy atom. The molecule has 0 radical (unpaired) electrons. The number of carbonyl (C=O) groups excluding carboxylic acids is 1. The maximum absolute atomic E-state index is 10.9. The average molecular weight is 239 g/mol. The normalized spacial score (nSPS) is 14.5. The average Bonchev–Trinajstić information content (AvgIpc) is 2.86. The van der Waals surface area contributed by atoms with Gasteiger partial charge < -0.3 is 16.2 Å². The van der Waals surface area contributed by atoms with E-state index in [1.807, 2.05) is 0 Å². The van der Waals surface area contributed by atoms with E-state index in [9.17, 15) is 9.59 Å². The summed E-state index contributed by atoms with van der Waals surface area (Å²) in [6.45, 7) is 0.217. The molecule has 0 saturated carbocycles. The smallest absolute Gasteiger partial charge is 0.413 e. The van der Waals surface area contributed by atoms with Crippen molar-refractivity contribution >= 4 is 29.0 Å². The van der Waals surface area contributed by atoms with Gasteiger partial charge in [-0.1, -0.05) is 0 Å². The molecule has 1 aliphatic rings. The van der Waals surface area contributed by atoms with Gasteiger partial charge in [0, 0.05) is 6.20 Å². The van der Waals surface area contributed by atoms with Crippen molar-refractivity contribution in [2.24, 2.45) is 5.73 Å². The first-order chi connectivity index (χ1) is 7.59. The Morgan fingerprint density at radius 3 is 2.81 bits per heavy atom. The van der Waals surface area contributed by atoms with Gasteiger partial charge >= 0.3 is 6.09 Å². The van der Waals surface area contributed by atoms with Crippen molar-refractivity contribution in [3.05, 3.63) is 28.1 Å². The van der Waals surface area contributed by atoms with Crippen LogP contribution in [0.1, 0.15) is 14.5 Å². The Kier molecular flexibility index (Phi) is 2.53. The summed E-state index contributed by atoms with van der Waals surface area (Å²) in [7, 11) is 0. The zero-order valence-electron chi connectivity index (χ0n) is 8.14. The zero-order chi connectivity index (χ0) is 11.7. The number of nitrogens with two attached hydrogens (primary N) is 1. The van der Waals surface area contributed by atoms with Crippen LogP contribution in [0.25, 0.3) is 5.70 Å². The van der Waals surface area contributed by atoms with Crippen molar-refractivity contribution in [2.75, 3.05) is 6.67 Å². The Balaban J connectivity index is 2.30. The highest BCUT2D eigenvalue weighted by molar-refractivity contribution is 7.15. The predicted molar refractivity (Wildman–Crippen MR) is 58.7 cm³/mol. The van der Waals surface area contributed by atoms with Crippen LogP contribution >= 0.6 is 11.3 Å². The summed E-state index contributed by atoms with van der Waals surface area (Å²) in [4.78, 5) is 24.1. The zero-order valence-corrected chi connectivity index (χ0v) is 8.95. The predicted octanol–water partition coefficient (Wildman–Crippen LogP) is 0.686. The monoisotopic (exact) mass is 239 g/mol. The number of thiophene rings is 1. The van der Waals surface area contributed by atoms with Gasteiger partial charge in [0.2, 0.25) is 0 Å². The molecule has 0 atom stereocenters. The lowest BCUT2D eigenvalue weighted by molar-refractivity contribution is 0.100. The molecule has 1 aromatic rings. The van der Waals surface area contributed by atoms with Crippen molar-refractivity contribution in [3.8, 4) is 0 Å². The molecule has 7 heteroatoms. The van der Waals surface area contributed by atoms with Crippen LogP contribution in [0.5, 0.6) is 0 Å². The van der Waals surface area contributed by atoms with Gasteiger partial charge in [-0.3, -0.25) is 9.69 Å². The molecule has 0 aliphatic carbocycles. The van der Waals surface area contributed by atoms with Crippen LogP contribution in [0, 0.1) is 0 Å². The first-order valence-electron chi connectivity index (χ1n) is 4.43. The van der Waals surface area contributed by atoms with Crippen LogP contribution in [0.15, 0.2) is 18.3 Å². The molecule has 0 bridgehead atoms. The standard InChI is InChI=1S/C9H9N3O3S/c10-8(13)7-2-1-6(16-7)5-3-11-4-12(5)9(14)15/h1-3,11H,4H2,(H2,10,13)(H,14,15). The minimum Gasteiger partial charge on any atom is -0.465 e. The van der Waals surface area contributed by atoms with Crippen LogP contribution in [0.4, 0.5) is 4.79 Å². The molecule has 1 aliphatic heterocycles. The van der Waals surface area contributed by atoms with Crippen molar-refractivity contribution in [2.45, 2.75) is 0 Å². The number of hydrogen-bond donors (Lipinski definition) is 3. The fourth-order valence-electron chi connectivity index (χ4n) is 1.38. The maximum atomic E-state index is 10.9. The fourth-order valence-corrected chi connectivity index (χ4v) is 2.26. The molecule has 2 rings (SSSR count). The van der Waals surface area contributed by atoms with Gasteiger partial charge in [-0.25, -0.2) is 4.79 Å². The summed E-state index contributed by atoms with van der Waals surface area (Å²) < 4.78 is 0. The van der Waals surface area contributed by atoms with Gasteiger partial charge in [0.15, 0.2) is 0 Å². The number of primary amides is 1. The highest BCUT2D eigenvalue weighted by atomic mass is 32.1. The fraction of sp³-hybridized carbons (Fsp3) is 0.111. The summed E-state index contributed by atoms with van der Waals surface area (Å²) in [5.41, 5.74) is 5.66. The first-order valence-corrected chi connectivity index (χ1v) is 5.25. The van der Waals surface area contributed by atoms with Gasteiger partial charge in [-0.05, 0) is 12.1 Å². The van der Waals surface area contributed by atoms with E-state index >= 15 is 0 Å². The molecular weight excluding hydrogens is 230 g/mol. The minimum absolute atomic E-state index is 0.217. The summed E-state index contributed by atoms with van der Waals surface area (Å²) >= 11 is 1.17. The Morgan fingerprint density at radius 1 is 1.50 bits per heavy atom. The van der Waals surface area contributed by atoms with Crippen LogP contribution in [-0.4, -0.2) is 28.7 Å². The highest BCUT2D eigenvalue weighted by Gasteiger charge is 2.23. The van der Waals surface area contributed by atoms with E-state index in [1.165, 1.54) is 11.3 Å². The molecule has 2 amide bonds. The lowest BCUT2D eigenvalue weighted by Crippen LogP contribution is -2.28. The summed E-state index contributed by atoms with van der Waals surface area (Å²) in [6, 6.07) is 3.26. The molecule has 0 saturated heterocycles. The van der Waals surface area contributed by atoms with Crippen molar-refractivity contribution in [3.63, 3.8) is 0 Å². The molecular formula is C9H9N3O3S. The number of nitrogens with zero attached hydrogens (tertiary/aromatic N) is 1. The second kappa shape index (κ2) is 3.86. The number of hydrogen-bond acceptors (Lipinski definition) is 4. The Bertz CT molecular complexity index is 480. The van der Waals surface area contributed by atoms with E-state index in [0.717, 1.165) is 4.90 Å². The molecule has 4 N–H and O–H groups in total. The van der Waals surface area contributed by atoms with Gasteiger partial charge in [-0.15, -0.1) is 11.3 Å². The third kappa shape index (κ3) is 1.72. The van der Waals surface area contributed by atoms with Crippen LogP contribution in [0.3, 0.4) is 0 Å². The molecule has 6 nitrogen and oxygen atoms in total. The van der Waals surface area contributed by atoms with E-state index in [1.54, 1.807) is 18.3 Å². The number of carboxylic acid groups (broad SMARTS) is 1. The first kappa shape index (κ1) is 10.5. The van der Waals surface area contributed by atoms with Crippen LogP contribution < -0.4 is 11.1 Å². The van der Waals surface area contributed by atoms with Crippen molar-refractivity contribution in [1.82, 2.24) is 10.2 Å². The molecule has 0 aromatic carbocycles. The van der Waals surface area contributed by atoms with Gasteiger partial charge in [0.25, 0.3) is 5.91 Å². The number of rotatable bonds is 2. The van der Waals surface area contributed by atoms with E-state index in [-0.39, 0.29) is 6.67 Å². The second-order valence-corrected chi connectivity index (χ2v) is 4.21. The maximum Gasteiger partial charge on any atom is 0.413 e. The molecule has 2 heterocycles. The molecule has 84 valence electrons. The van der Waals surface area contributed by atoms with Crippen LogP contribution in [-0.2, 0) is 0 Å². The van der Waals surface area contributed by atoms with Gasteiger partial charge in [0.05, 0.1) is 22.1 Å². The highest BCUT2D eigenvalue weighted by Crippen LogP contribution is 2.28. The largest absolute Gasteiger partial charge is 0.465 e. The van der Waals surface area contributed by atoms with E-state index < -0.39 is 12.0 Å². The Labute approximate surface area is 95.0 Å². The van der Waals surface area contributed by atoms with Gasteiger partial charge in [0.1, 0.15) is 0 Å². The van der Waals surface area contributed by atoms with E-state index in [0.29, 0.717) is 15.5 Å². The third-order valence-corrected chi connectivity index (χ3v) is 3.23. The molecule has 16 heavy (non-hydrogen) atoms. The lowest BCUT2D eigenvalue weighted by atomic mass is 10.3. The number of amides is 2. The summed E-state index contributed by atoms with van der Waals surface area (Å²) in [5.74, 6) is -0.510. The summed E-state index contributed by atoms with van der Waals surface area (Å²) in [6.07, 6.45) is 0.565. The quantitative estimate of drug-likeness (QED) is 0.707. The molecule has 0 spiro atoms. The minimum atomic E-state index is -1.04. The van der Waals surface area contributed by atoms with E-state index in [4.69, 9.17) is 10.8 Å².